The van der Waals surface area contributed by atoms with Gasteiger partial charge in [-0.3, -0.25) is 14.5 Å². The number of amides is 2. The van der Waals surface area contributed by atoms with Crippen molar-refractivity contribution in [2.75, 3.05) is 44.2 Å². The Kier molecular flexibility index (Phi) is 5.38. The molecule has 0 aliphatic carbocycles. The van der Waals surface area contributed by atoms with E-state index in [1.807, 2.05) is 38.7 Å². The van der Waals surface area contributed by atoms with E-state index < -0.39 is 0 Å². The first kappa shape index (κ1) is 20.6. The van der Waals surface area contributed by atoms with E-state index >= 15 is 0 Å². The normalized spacial score (nSPS) is 16.7. The van der Waals surface area contributed by atoms with Crippen LogP contribution >= 0.6 is 0 Å². The number of carbonyl (C=O) groups is 2. The van der Waals surface area contributed by atoms with Gasteiger partial charge < -0.3 is 9.80 Å². The summed E-state index contributed by atoms with van der Waals surface area (Å²) in [7, 11) is 0. The van der Waals surface area contributed by atoms with Crippen LogP contribution in [0.15, 0.2) is 42.7 Å². The molecule has 2 aliphatic rings. The van der Waals surface area contributed by atoms with Gasteiger partial charge in [0.05, 0.1) is 18.3 Å². The molecule has 0 atom stereocenters. The summed E-state index contributed by atoms with van der Waals surface area (Å²) in [6.07, 6.45) is 4.32. The summed E-state index contributed by atoms with van der Waals surface area (Å²) in [4.78, 5) is 36.3. The van der Waals surface area contributed by atoms with Crippen LogP contribution in [-0.4, -0.2) is 75.6 Å². The SMILES string of the molecule is CC(C)n1ncc2cc(C(=O)N3CCN(CC(=O)N4CCc5ccccc54)CC3)cnc21. The highest BCUT2D eigenvalue weighted by atomic mass is 16.2. The Morgan fingerprint density at radius 3 is 2.59 bits per heavy atom. The molecular weight excluding hydrogens is 404 g/mol. The average molecular weight is 433 g/mol. The predicted molar refractivity (Wildman–Crippen MR) is 123 cm³/mol. The summed E-state index contributed by atoms with van der Waals surface area (Å²) in [6.45, 7) is 7.83. The number of piperazine rings is 1. The van der Waals surface area contributed by atoms with Crippen LogP contribution in [-0.2, 0) is 11.2 Å². The lowest BCUT2D eigenvalue weighted by Gasteiger charge is -2.35. The quantitative estimate of drug-likeness (QED) is 0.633. The molecule has 0 spiro atoms. The van der Waals surface area contributed by atoms with Gasteiger partial charge in [0.25, 0.3) is 5.91 Å². The Bertz CT molecular complexity index is 1160. The average Bonchev–Trinajstić information content (AvgIpc) is 3.43. The first-order valence-electron chi connectivity index (χ1n) is 11.2. The van der Waals surface area contributed by atoms with Gasteiger partial charge in [-0.2, -0.15) is 5.10 Å². The molecule has 5 rings (SSSR count). The Hall–Kier alpha value is -3.26. The first-order valence-corrected chi connectivity index (χ1v) is 11.2. The predicted octanol–water partition coefficient (Wildman–Crippen LogP) is 2.36. The van der Waals surface area contributed by atoms with Crippen molar-refractivity contribution in [3.8, 4) is 0 Å². The highest BCUT2D eigenvalue weighted by Gasteiger charge is 2.28. The number of aromatic nitrogens is 3. The van der Waals surface area contributed by atoms with Crippen LogP contribution in [0.1, 0.15) is 35.8 Å². The molecule has 1 saturated heterocycles. The van der Waals surface area contributed by atoms with Crippen LogP contribution in [0.3, 0.4) is 0 Å². The number of carbonyl (C=O) groups excluding carboxylic acids is 2. The van der Waals surface area contributed by atoms with Gasteiger partial charge in [-0.05, 0) is 38.0 Å². The second-order valence-corrected chi connectivity index (χ2v) is 8.81. The van der Waals surface area contributed by atoms with Crippen molar-refractivity contribution in [1.29, 1.82) is 0 Å². The summed E-state index contributed by atoms with van der Waals surface area (Å²) >= 11 is 0. The number of hydrogen-bond acceptors (Lipinski definition) is 5. The molecular formula is C24H28N6O2. The Morgan fingerprint density at radius 1 is 1.03 bits per heavy atom. The summed E-state index contributed by atoms with van der Waals surface area (Å²) < 4.78 is 1.86. The van der Waals surface area contributed by atoms with Crippen molar-refractivity contribution in [3.05, 3.63) is 53.9 Å². The van der Waals surface area contributed by atoms with Crippen LogP contribution in [0.25, 0.3) is 11.0 Å². The van der Waals surface area contributed by atoms with Crippen molar-refractivity contribution >= 4 is 28.5 Å². The van der Waals surface area contributed by atoms with E-state index in [4.69, 9.17) is 0 Å². The Morgan fingerprint density at radius 2 is 1.81 bits per heavy atom. The highest BCUT2D eigenvalue weighted by molar-refractivity contribution is 5.97. The number of para-hydroxylation sites is 1. The van der Waals surface area contributed by atoms with E-state index in [0.717, 1.165) is 29.7 Å². The number of rotatable bonds is 4. The maximum atomic E-state index is 13.0. The number of nitrogens with zero attached hydrogens (tertiary/aromatic N) is 6. The molecule has 8 nitrogen and oxygen atoms in total. The molecule has 166 valence electrons. The summed E-state index contributed by atoms with van der Waals surface area (Å²) in [5.41, 5.74) is 3.65. The summed E-state index contributed by atoms with van der Waals surface area (Å²) in [5, 5.41) is 5.25. The van der Waals surface area contributed by atoms with Crippen molar-refractivity contribution in [1.82, 2.24) is 24.6 Å². The van der Waals surface area contributed by atoms with E-state index in [0.29, 0.717) is 38.3 Å². The molecule has 2 aromatic heterocycles. The van der Waals surface area contributed by atoms with Gasteiger partial charge in [-0.15, -0.1) is 0 Å². The molecule has 2 aliphatic heterocycles. The lowest BCUT2D eigenvalue weighted by atomic mass is 10.2. The Balaban J connectivity index is 1.19. The number of benzene rings is 1. The number of fused-ring (bicyclic) bond motifs is 2. The minimum Gasteiger partial charge on any atom is -0.336 e. The number of hydrogen-bond donors (Lipinski definition) is 0. The van der Waals surface area contributed by atoms with Gasteiger partial charge in [0, 0.05) is 56.0 Å². The molecule has 0 bridgehead atoms. The maximum absolute atomic E-state index is 13.0. The zero-order valence-corrected chi connectivity index (χ0v) is 18.6. The summed E-state index contributed by atoms with van der Waals surface area (Å²) in [6, 6.07) is 10.2. The molecule has 2 amide bonds. The number of anilines is 1. The fraction of sp³-hybridized carbons (Fsp3) is 0.417. The molecule has 32 heavy (non-hydrogen) atoms. The third kappa shape index (κ3) is 3.75. The monoisotopic (exact) mass is 432 g/mol. The third-order valence-corrected chi connectivity index (χ3v) is 6.38. The topological polar surface area (TPSA) is 74.6 Å². The molecule has 3 aromatic rings. The van der Waals surface area contributed by atoms with Gasteiger partial charge in [-0.25, -0.2) is 9.67 Å². The largest absolute Gasteiger partial charge is 0.336 e. The van der Waals surface area contributed by atoms with Crippen molar-refractivity contribution < 1.29 is 9.59 Å². The van der Waals surface area contributed by atoms with Gasteiger partial charge in [0.2, 0.25) is 5.91 Å². The van der Waals surface area contributed by atoms with E-state index in [1.54, 1.807) is 12.4 Å². The van der Waals surface area contributed by atoms with E-state index in [-0.39, 0.29) is 17.9 Å². The van der Waals surface area contributed by atoms with Crippen molar-refractivity contribution in [2.45, 2.75) is 26.3 Å². The molecule has 8 heteroatoms. The van der Waals surface area contributed by atoms with Gasteiger partial charge in [0.1, 0.15) is 0 Å². The summed E-state index contributed by atoms with van der Waals surface area (Å²) in [5.74, 6) is 0.114. The molecule has 0 unspecified atom stereocenters. The zero-order valence-electron chi connectivity index (χ0n) is 18.6. The lowest BCUT2D eigenvalue weighted by Crippen LogP contribution is -2.51. The van der Waals surface area contributed by atoms with E-state index in [9.17, 15) is 9.59 Å². The minimum absolute atomic E-state index is 0.0175. The molecule has 0 saturated carbocycles. The maximum Gasteiger partial charge on any atom is 0.255 e. The van der Waals surface area contributed by atoms with Crippen LogP contribution < -0.4 is 4.90 Å². The molecule has 0 radical (unpaired) electrons. The third-order valence-electron chi connectivity index (χ3n) is 6.38. The van der Waals surface area contributed by atoms with Crippen LogP contribution in [0.4, 0.5) is 5.69 Å². The second kappa shape index (κ2) is 8.35. The fourth-order valence-corrected chi connectivity index (χ4v) is 4.60. The molecule has 0 N–H and O–H groups in total. The highest BCUT2D eigenvalue weighted by Crippen LogP contribution is 2.27. The molecule has 1 fully saturated rings. The van der Waals surface area contributed by atoms with Gasteiger partial charge >= 0.3 is 0 Å². The van der Waals surface area contributed by atoms with Crippen molar-refractivity contribution in [2.24, 2.45) is 0 Å². The molecule has 1 aromatic carbocycles. The first-order chi connectivity index (χ1) is 15.5. The van der Waals surface area contributed by atoms with Crippen molar-refractivity contribution in [3.63, 3.8) is 0 Å². The van der Waals surface area contributed by atoms with E-state index in [1.165, 1.54) is 5.56 Å². The fourth-order valence-electron chi connectivity index (χ4n) is 4.60. The van der Waals surface area contributed by atoms with Crippen LogP contribution in [0.5, 0.6) is 0 Å². The minimum atomic E-state index is -0.0175. The van der Waals surface area contributed by atoms with E-state index in [2.05, 4.69) is 34.9 Å². The van der Waals surface area contributed by atoms with Gasteiger partial charge in [-0.1, -0.05) is 18.2 Å². The lowest BCUT2D eigenvalue weighted by molar-refractivity contribution is -0.120. The van der Waals surface area contributed by atoms with Crippen LogP contribution in [0.2, 0.25) is 0 Å². The Labute approximate surface area is 187 Å². The van der Waals surface area contributed by atoms with Gasteiger partial charge in [0.15, 0.2) is 5.65 Å². The zero-order chi connectivity index (χ0) is 22.2. The standard InChI is InChI=1S/C24H28N6O2/c1-17(2)30-23-19(15-26-30)13-20(14-25-23)24(32)28-11-9-27(10-12-28)16-22(31)29-8-7-18-5-3-4-6-21(18)29/h3-6,13-15,17H,7-12,16H2,1-2H3. The number of pyridine rings is 1. The van der Waals surface area contributed by atoms with Crippen LogP contribution in [0, 0.1) is 0 Å². The second-order valence-electron chi connectivity index (χ2n) is 8.81. The smallest absolute Gasteiger partial charge is 0.255 e. The molecule has 4 heterocycles.